The number of hydrogen-bond acceptors (Lipinski definition) is 3. The minimum absolute atomic E-state index is 0.277. The summed E-state index contributed by atoms with van der Waals surface area (Å²) in [6.07, 6.45) is 3.24. The number of rotatable bonds is 5. The van der Waals surface area contributed by atoms with Gasteiger partial charge in [-0.15, -0.1) is 0 Å². The van der Waals surface area contributed by atoms with Crippen LogP contribution in [0.3, 0.4) is 0 Å². The van der Waals surface area contributed by atoms with E-state index >= 15 is 0 Å². The second-order valence-corrected chi connectivity index (χ2v) is 15.5. The van der Waals surface area contributed by atoms with E-state index in [1.807, 2.05) is 43.9 Å². The summed E-state index contributed by atoms with van der Waals surface area (Å²) in [5, 5.41) is 0. The Bertz CT molecular complexity index is 497. The highest BCUT2D eigenvalue weighted by atomic mass is 28.4. The van der Waals surface area contributed by atoms with Crippen molar-refractivity contribution in [1.29, 1.82) is 0 Å². The van der Waals surface area contributed by atoms with Gasteiger partial charge in [0.1, 0.15) is 5.75 Å². The molecule has 0 aliphatic rings. The van der Waals surface area contributed by atoms with Gasteiger partial charge in [-0.2, -0.15) is 0 Å². The average molecular weight is 309 g/mol. The van der Waals surface area contributed by atoms with Crippen LogP contribution < -0.4 is 4.43 Å². The summed E-state index contributed by atoms with van der Waals surface area (Å²) >= 11 is 0. The van der Waals surface area contributed by atoms with Gasteiger partial charge < -0.3 is 8.85 Å². The van der Waals surface area contributed by atoms with Crippen molar-refractivity contribution in [3.05, 3.63) is 35.9 Å². The molecular weight excluding hydrogens is 284 g/mol. The molecule has 110 valence electrons. The Morgan fingerprint density at radius 2 is 1.70 bits per heavy atom. The van der Waals surface area contributed by atoms with Gasteiger partial charge in [0.25, 0.3) is 0 Å². The molecule has 0 bridgehead atoms. The van der Waals surface area contributed by atoms with Crippen molar-refractivity contribution in [1.82, 2.24) is 0 Å². The van der Waals surface area contributed by atoms with Crippen molar-refractivity contribution in [3.8, 4) is 5.75 Å². The molecule has 0 saturated carbocycles. The van der Waals surface area contributed by atoms with Crippen LogP contribution in [0.25, 0.3) is 6.08 Å². The van der Waals surface area contributed by atoms with Gasteiger partial charge in [-0.3, -0.25) is 0 Å². The first kappa shape index (κ1) is 16.7. The Labute approximate surface area is 123 Å². The Hall–Kier alpha value is -1.34. The SMILES string of the molecule is C[Si](C)(C)OC(=O)C=Cc1cccc(O[Si](C)(C)C)c1. The summed E-state index contributed by atoms with van der Waals surface area (Å²) < 4.78 is 11.3. The zero-order chi connectivity index (χ0) is 15.4. The summed E-state index contributed by atoms with van der Waals surface area (Å²) in [5.41, 5.74) is 0.938. The zero-order valence-electron chi connectivity index (χ0n) is 13.2. The molecule has 0 heterocycles. The van der Waals surface area contributed by atoms with Gasteiger partial charge >= 0.3 is 5.97 Å². The standard InChI is InChI=1S/C15H24O3Si2/c1-19(2,3)17-14-9-7-8-13(12-14)10-11-15(16)18-20(4,5)6/h7-12H,1-6H3. The minimum Gasteiger partial charge on any atom is -0.544 e. The molecule has 1 aromatic rings. The predicted molar refractivity (Wildman–Crippen MR) is 88.9 cm³/mol. The van der Waals surface area contributed by atoms with E-state index < -0.39 is 16.6 Å². The zero-order valence-corrected chi connectivity index (χ0v) is 15.2. The van der Waals surface area contributed by atoms with Crippen molar-refractivity contribution in [3.63, 3.8) is 0 Å². The second kappa shape index (κ2) is 6.41. The molecular formula is C15H24O3Si2. The van der Waals surface area contributed by atoms with E-state index in [-0.39, 0.29) is 5.97 Å². The smallest absolute Gasteiger partial charge is 0.317 e. The van der Waals surface area contributed by atoms with E-state index in [9.17, 15) is 4.79 Å². The maximum Gasteiger partial charge on any atom is 0.317 e. The number of carbonyl (C=O) groups is 1. The lowest BCUT2D eigenvalue weighted by Gasteiger charge is -2.19. The van der Waals surface area contributed by atoms with Gasteiger partial charge in [0, 0.05) is 6.08 Å². The first-order valence-corrected chi connectivity index (χ1v) is 13.6. The Kier molecular flexibility index (Phi) is 5.36. The molecule has 0 fully saturated rings. The Morgan fingerprint density at radius 3 is 2.25 bits per heavy atom. The first-order chi connectivity index (χ1) is 9.05. The van der Waals surface area contributed by atoms with Gasteiger partial charge in [0.05, 0.1) is 0 Å². The third-order valence-corrected chi connectivity index (χ3v) is 3.76. The van der Waals surface area contributed by atoms with Crippen LogP contribution in [0.2, 0.25) is 39.3 Å². The molecule has 0 amide bonds. The molecule has 0 aliphatic carbocycles. The highest BCUT2D eigenvalue weighted by molar-refractivity contribution is 6.71. The molecule has 0 atom stereocenters. The van der Waals surface area contributed by atoms with E-state index in [0.29, 0.717) is 0 Å². The van der Waals surface area contributed by atoms with Gasteiger partial charge in [-0.25, -0.2) is 4.79 Å². The molecule has 0 radical (unpaired) electrons. The maximum atomic E-state index is 11.6. The minimum atomic E-state index is -1.82. The van der Waals surface area contributed by atoms with Crippen molar-refractivity contribution in [2.24, 2.45) is 0 Å². The lowest BCUT2D eigenvalue weighted by Crippen LogP contribution is -2.29. The molecule has 0 spiro atoms. The number of benzene rings is 1. The van der Waals surface area contributed by atoms with Crippen molar-refractivity contribution >= 4 is 28.7 Å². The summed E-state index contributed by atoms with van der Waals surface area (Å²) in [4.78, 5) is 11.6. The maximum absolute atomic E-state index is 11.6. The molecule has 20 heavy (non-hydrogen) atoms. The lowest BCUT2D eigenvalue weighted by atomic mass is 10.2. The third kappa shape index (κ3) is 7.30. The molecule has 0 N–H and O–H groups in total. The fourth-order valence-corrected chi connectivity index (χ4v) is 3.04. The molecule has 5 heteroatoms. The second-order valence-electron chi connectivity index (χ2n) is 6.65. The van der Waals surface area contributed by atoms with Crippen LogP contribution in [0.1, 0.15) is 5.56 Å². The number of hydrogen-bond donors (Lipinski definition) is 0. The fraction of sp³-hybridized carbons (Fsp3) is 0.400. The topological polar surface area (TPSA) is 35.5 Å². The fourth-order valence-electron chi connectivity index (χ4n) is 1.54. The summed E-state index contributed by atoms with van der Waals surface area (Å²) in [6.45, 7) is 12.4. The van der Waals surface area contributed by atoms with Crippen LogP contribution in [-0.2, 0) is 9.22 Å². The van der Waals surface area contributed by atoms with Crippen molar-refractivity contribution < 1.29 is 13.6 Å². The predicted octanol–water partition coefficient (Wildman–Crippen LogP) is 4.29. The van der Waals surface area contributed by atoms with Gasteiger partial charge in [0.15, 0.2) is 0 Å². The molecule has 0 unspecified atom stereocenters. The highest BCUT2D eigenvalue weighted by Crippen LogP contribution is 2.18. The largest absolute Gasteiger partial charge is 0.544 e. The van der Waals surface area contributed by atoms with E-state index in [1.165, 1.54) is 6.08 Å². The van der Waals surface area contributed by atoms with Crippen LogP contribution in [0.4, 0.5) is 0 Å². The van der Waals surface area contributed by atoms with Gasteiger partial charge in [0.2, 0.25) is 16.6 Å². The van der Waals surface area contributed by atoms with Crippen LogP contribution in [0, 0.1) is 0 Å². The van der Waals surface area contributed by atoms with E-state index in [4.69, 9.17) is 8.85 Å². The Balaban J connectivity index is 2.73. The normalized spacial score (nSPS) is 12.5. The van der Waals surface area contributed by atoms with Crippen molar-refractivity contribution in [2.75, 3.05) is 0 Å². The van der Waals surface area contributed by atoms with Gasteiger partial charge in [-0.1, -0.05) is 12.1 Å². The molecule has 1 aromatic carbocycles. The lowest BCUT2D eigenvalue weighted by molar-refractivity contribution is -0.129. The van der Waals surface area contributed by atoms with Crippen molar-refractivity contribution in [2.45, 2.75) is 39.3 Å². The van der Waals surface area contributed by atoms with E-state index in [0.717, 1.165) is 11.3 Å². The number of carbonyl (C=O) groups excluding carboxylic acids is 1. The first-order valence-electron chi connectivity index (χ1n) is 6.75. The van der Waals surface area contributed by atoms with Crippen LogP contribution in [0.5, 0.6) is 5.75 Å². The Morgan fingerprint density at radius 1 is 1.05 bits per heavy atom. The molecule has 0 aliphatic heterocycles. The van der Waals surface area contributed by atoms with Gasteiger partial charge in [-0.05, 0) is 63.1 Å². The summed E-state index contributed by atoms with van der Waals surface area (Å²) in [7, 11) is -3.43. The van der Waals surface area contributed by atoms with E-state index in [2.05, 4.69) is 19.6 Å². The van der Waals surface area contributed by atoms with Crippen LogP contribution in [-0.4, -0.2) is 22.6 Å². The molecule has 3 nitrogen and oxygen atoms in total. The third-order valence-electron chi connectivity index (χ3n) is 2.10. The highest BCUT2D eigenvalue weighted by Gasteiger charge is 2.18. The molecule has 0 aromatic heterocycles. The summed E-state index contributed by atoms with van der Waals surface area (Å²) in [5.74, 6) is 0.575. The quantitative estimate of drug-likeness (QED) is 0.601. The molecule has 1 rings (SSSR count). The summed E-state index contributed by atoms with van der Waals surface area (Å²) in [6, 6.07) is 7.75. The van der Waals surface area contributed by atoms with E-state index in [1.54, 1.807) is 6.08 Å². The monoisotopic (exact) mass is 308 g/mol. The average Bonchev–Trinajstić information content (AvgIpc) is 2.22. The van der Waals surface area contributed by atoms with Crippen LogP contribution >= 0.6 is 0 Å². The van der Waals surface area contributed by atoms with Crippen LogP contribution in [0.15, 0.2) is 30.3 Å². The molecule has 0 saturated heterocycles.